The third kappa shape index (κ3) is 3.59. The second-order valence-electron chi connectivity index (χ2n) is 4.51. The maximum Gasteiger partial charge on any atom is 0.0453 e. The quantitative estimate of drug-likeness (QED) is 0.848. The Hall–Kier alpha value is -1.31. The number of rotatable bonds is 5. The van der Waals surface area contributed by atoms with Crippen molar-refractivity contribution in [3.63, 3.8) is 0 Å². The molecule has 0 spiro atoms. The molecule has 1 unspecified atom stereocenters. The zero-order valence-electron chi connectivity index (χ0n) is 10.4. The zero-order valence-corrected chi connectivity index (χ0v) is 11.1. The van der Waals surface area contributed by atoms with E-state index >= 15 is 0 Å². The predicted molar refractivity (Wildman–Crippen MR) is 77.8 cm³/mol. The Morgan fingerprint density at radius 1 is 0.944 bits per heavy atom. The molecule has 0 aliphatic carbocycles. The molecular weight excluding hydrogens is 242 g/mol. The van der Waals surface area contributed by atoms with Crippen molar-refractivity contribution in [2.75, 3.05) is 0 Å². The Balaban J connectivity index is 1.86. The highest BCUT2D eigenvalue weighted by Gasteiger charge is 2.08. The second kappa shape index (κ2) is 6.58. The van der Waals surface area contributed by atoms with Crippen LogP contribution in [0.5, 0.6) is 0 Å². The highest BCUT2D eigenvalue weighted by atomic mass is 35.5. The molecule has 0 radical (unpaired) electrons. The molecule has 1 atom stereocenters. The molecule has 2 N–H and O–H groups in total. The van der Waals surface area contributed by atoms with Crippen LogP contribution in [-0.4, -0.2) is 0 Å². The third-order valence-electron chi connectivity index (χ3n) is 3.13. The van der Waals surface area contributed by atoms with Gasteiger partial charge in [0.25, 0.3) is 0 Å². The van der Waals surface area contributed by atoms with Gasteiger partial charge in [0.1, 0.15) is 0 Å². The fourth-order valence-corrected chi connectivity index (χ4v) is 2.38. The van der Waals surface area contributed by atoms with Gasteiger partial charge < -0.3 is 5.73 Å². The van der Waals surface area contributed by atoms with E-state index in [1.807, 2.05) is 30.3 Å². The predicted octanol–water partition coefficient (Wildman–Crippen LogP) is 4.36. The molecule has 18 heavy (non-hydrogen) atoms. The van der Waals surface area contributed by atoms with Crippen LogP contribution >= 0.6 is 11.6 Å². The molecule has 2 aromatic carbocycles. The topological polar surface area (TPSA) is 26.0 Å². The molecule has 0 aliphatic heterocycles. The van der Waals surface area contributed by atoms with Gasteiger partial charge in [-0.1, -0.05) is 60.1 Å². The van der Waals surface area contributed by atoms with Crippen molar-refractivity contribution in [2.24, 2.45) is 5.73 Å². The Bertz CT molecular complexity index is 481. The van der Waals surface area contributed by atoms with Crippen LogP contribution in [0.2, 0.25) is 5.02 Å². The van der Waals surface area contributed by atoms with E-state index in [0.717, 1.165) is 29.8 Å². The zero-order chi connectivity index (χ0) is 12.8. The summed E-state index contributed by atoms with van der Waals surface area (Å²) in [6, 6.07) is 18.3. The molecule has 0 heterocycles. The van der Waals surface area contributed by atoms with Crippen molar-refractivity contribution >= 4 is 11.6 Å². The van der Waals surface area contributed by atoms with E-state index in [2.05, 4.69) is 24.3 Å². The molecule has 0 saturated carbocycles. The smallest absolute Gasteiger partial charge is 0.0453 e. The van der Waals surface area contributed by atoms with Crippen LogP contribution < -0.4 is 5.73 Å². The highest BCUT2D eigenvalue weighted by molar-refractivity contribution is 6.31. The van der Waals surface area contributed by atoms with Crippen LogP contribution in [0.4, 0.5) is 0 Å². The Kier molecular flexibility index (Phi) is 4.80. The molecule has 2 heteroatoms. The standard InChI is InChI=1S/C16H18ClN/c17-15-11-5-4-10-14(15)16(18)12-6-9-13-7-2-1-3-8-13/h1-5,7-8,10-11,16H,6,9,12,18H2. The van der Waals surface area contributed by atoms with Gasteiger partial charge in [0.15, 0.2) is 0 Å². The van der Waals surface area contributed by atoms with Gasteiger partial charge in [0.05, 0.1) is 0 Å². The summed E-state index contributed by atoms with van der Waals surface area (Å²) in [4.78, 5) is 0. The number of hydrogen-bond donors (Lipinski definition) is 1. The van der Waals surface area contributed by atoms with Gasteiger partial charge in [0, 0.05) is 11.1 Å². The molecule has 2 aromatic rings. The van der Waals surface area contributed by atoms with E-state index in [4.69, 9.17) is 17.3 Å². The second-order valence-corrected chi connectivity index (χ2v) is 4.91. The van der Waals surface area contributed by atoms with Crippen LogP contribution in [0, 0.1) is 0 Å². The molecule has 0 amide bonds. The van der Waals surface area contributed by atoms with E-state index in [1.54, 1.807) is 0 Å². The lowest BCUT2D eigenvalue weighted by molar-refractivity contribution is 0.611. The molecule has 0 fully saturated rings. The third-order valence-corrected chi connectivity index (χ3v) is 3.47. The average Bonchev–Trinajstić information content (AvgIpc) is 2.40. The van der Waals surface area contributed by atoms with E-state index in [1.165, 1.54) is 5.56 Å². The lowest BCUT2D eigenvalue weighted by Gasteiger charge is -2.13. The first-order chi connectivity index (χ1) is 8.77. The van der Waals surface area contributed by atoms with Crippen molar-refractivity contribution in [2.45, 2.75) is 25.3 Å². The number of benzene rings is 2. The van der Waals surface area contributed by atoms with Gasteiger partial charge in [-0.15, -0.1) is 0 Å². The molecule has 2 rings (SSSR count). The Morgan fingerprint density at radius 3 is 2.33 bits per heavy atom. The van der Waals surface area contributed by atoms with Crippen LogP contribution in [0.1, 0.15) is 30.0 Å². The molecule has 94 valence electrons. The van der Waals surface area contributed by atoms with E-state index in [9.17, 15) is 0 Å². The summed E-state index contributed by atoms with van der Waals surface area (Å²) in [5, 5.41) is 0.768. The fraction of sp³-hybridized carbons (Fsp3) is 0.250. The van der Waals surface area contributed by atoms with Crippen LogP contribution in [0.3, 0.4) is 0 Å². The summed E-state index contributed by atoms with van der Waals surface area (Å²) < 4.78 is 0. The van der Waals surface area contributed by atoms with E-state index < -0.39 is 0 Å². The largest absolute Gasteiger partial charge is 0.324 e. The van der Waals surface area contributed by atoms with Crippen molar-refractivity contribution in [1.29, 1.82) is 0 Å². The minimum atomic E-state index is 0.0300. The summed E-state index contributed by atoms with van der Waals surface area (Å²) in [5.74, 6) is 0. The van der Waals surface area contributed by atoms with Crippen molar-refractivity contribution in [3.8, 4) is 0 Å². The average molecular weight is 260 g/mol. The molecule has 1 nitrogen and oxygen atoms in total. The molecular formula is C16H18ClN. The minimum Gasteiger partial charge on any atom is -0.324 e. The van der Waals surface area contributed by atoms with E-state index in [0.29, 0.717) is 0 Å². The molecule has 0 aromatic heterocycles. The minimum absolute atomic E-state index is 0.0300. The first-order valence-corrected chi connectivity index (χ1v) is 6.69. The molecule has 0 aliphatic rings. The van der Waals surface area contributed by atoms with Crippen molar-refractivity contribution in [3.05, 3.63) is 70.7 Å². The van der Waals surface area contributed by atoms with Crippen LogP contribution in [0.25, 0.3) is 0 Å². The van der Waals surface area contributed by atoms with Crippen molar-refractivity contribution < 1.29 is 0 Å². The molecule has 0 saturated heterocycles. The number of halogens is 1. The number of hydrogen-bond acceptors (Lipinski definition) is 1. The van der Waals surface area contributed by atoms with Gasteiger partial charge in [-0.05, 0) is 36.5 Å². The van der Waals surface area contributed by atoms with Crippen LogP contribution in [-0.2, 0) is 6.42 Å². The maximum atomic E-state index is 6.18. The summed E-state index contributed by atoms with van der Waals surface area (Å²) in [7, 11) is 0. The number of nitrogens with two attached hydrogens (primary N) is 1. The normalized spacial score (nSPS) is 12.3. The lowest BCUT2D eigenvalue weighted by atomic mass is 10.00. The lowest BCUT2D eigenvalue weighted by Crippen LogP contribution is -2.11. The Morgan fingerprint density at radius 2 is 1.61 bits per heavy atom. The summed E-state index contributed by atoms with van der Waals surface area (Å²) >= 11 is 6.14. The van der Waals surface area contributed by atoms with Gasteiger partial charge in [-0.2, -0.15) is 0 Å². The van der Waals surface area contributed by atoms with E-state index in [-0.39, 0.29) is 6.04 Å². The highest BCUT2D eigenvalue weighted by Crippen LogP contribution is 2.24. The fourth-order valence-electron chi connectivity index (χ4n) is 2.10. The first-order valence-electron chi connectivity index (χ1n) is 6.31. The summed E-state index contributed by atoms with van der Waals surface area (Å²) in [6.07, 6.45) is 3.11. The molecule has 0 bridgehead atoms. The number of aryl methyl sites for hydroxylation is 1. The van der Waals surface area contributed by atoms with Gasteiger partial charge in [-0.25, -0.2) is 0 Å². The van der Waals surface area contributed by atoms with Gasteiger partial charge >= 0.3 is 0 Å². The SMILES string of the molecule is NC(CCCc1ccccc1)c1ccccc1Cl. The van der Waals surface area contributed by atoms with Crippen LogP contribution in [0.15, 0.2) is 54.6 Å². The Labute approximate surface area is 114 Å². The maximum absolute atomic E-state index is 6.18. The first kappa shape index (κ1) is 13.1. The summed E-state index contributed by atoms with van der Waals surface area (Å²) in [6.45, 7) is 0. The summed E-state index contributed by atoms with van der Waals surface area (Å²) in [5.41, 5.74) is 8.59. The van der Waals surface area contributed by atoms with Crippen molar-refractivity contribution in [1.82, 2.24) is 0 Å². The monoisotopic (exact) mass is 259 g/mol. The van der Waals surface area contributed by atoms with Gasteiger partial charge in [0.2, 0.25) is 0 Å². The van der Waals surface area contributed by atoms with Gasteiger partial charge in [-0.3, -0.25) is 0 Å².